The molecule has 1 N–H and O–H groups in total. The fraction of sp³-hybridized carbons (Fsp3) is 0.471. The van der Waals surface area contributed by atoms with Crippen LogP contribution in [0.1, 0.15) is 211 Å². The highest BCUT2D eigenvalue weighted by Crippen LogP contribution is 2.55. The van der Waals surface area contributed by atoms with Gasteiger partial charge in [-0.3, -0.25) is 0 Å². The first-order valence-corrected chi connectivity index (χ1v) is 26.6. The zero-order valence-corrected chi connectivity index (χ0v) is 49.4. The normalized spacial score (nSPS) is 13.6. The number of benzene rings is 6. The molecule has 6 aromatic rings. The van der Waals surface area contributed by atoms with E-state index in [0.29, 0.717) is 0 Å². The van der Waals surface area contributed by atoms with Crippen LogP contribution in [0, 0.1) is 20.9 Å². The Balaban J connectivity index is 0.00000397. The molecule has 0 saturated carbocycles. The molecule has 0 aliphatic heterocycles. The van der Waals surface area contributed by atoms with Gasteiger partial charge >= 0.3 is 0 Å². The molecular weight excluding hydrogens is 864 g/mol. The Labute approximate surface area is 428 Å². The summed E-state index contributed by atoms with van der Waals surface area (Å²) in [5.74, 6) is 0. The molecule has 2 heteroatoms. The highest BCUT2D eigenvalue weighted by molar-refractivity contribution is 7.08. The van der Waals surface area contributed by atoms with Crippen molar-refractivity contribution in [2.24, 2.45) is 0 Å². The van der Waals surface area contributed by atoms with E-state index < -0.39 is 0 Å². The Hall–Kier alpha value is -4.29. The van der Waals surface area contributed by atoms with Gasteiger partial charge in [-0.15, -0.1) is 0 Å². The van der Waals surface area contributed by atoms with Crippen molar-refractivity contribution < 1.29 is 4.89 Å². The van der Waals surface area contributed by atoms with E-state index >= 15 is 0 Å². The number of fused-ring (bicyclic) bond motifs is 2. The van der Waals surface area contributed by atoms with E-state index in [1.54, 1.807) is 0 Å². The first-order valence-electron chi connectivity index (χ1n) is 26.0. The van der Waals surface area contributed by atoms with Crippen LogP contribution >= 0.6 is 9.47 Å². The van der Waals surface area contributed by atoms with Crippen LogP contribution in [0.2, 0.25) is 0 Å². The van der Waals surface area contributed by atoms with Crippen LogP contribution in [0.25, 0.3) is 44.5 Å². The summed E-state index contributed by atoms with van der Waals surface area (Å²) in [6.45, 7) is 57.4. The van der Waals surface area contributed by atoms with Gasteiger partial charge in [-0.1, -0.05) is 263 Å². The highest BCUT2D eigenvalue weighted by atomic mass is 31.0. The predicted octanol–water partition coefficient (Wildman–Crippen LogP) is 19.4. The van der Waals surface area contributed by atoms with Crippen LogP contribution in [0.15, 0.2) is 97.1 Å². The lowest BCUT2D eigenvalue weighted by Gasteiger charge is -2.35. The molecule has 7 rings (SSSR count). The lowest BCUT2D eigenvalue weighted by atomic mass is 9.68. The van der Waals surface area contributed by atoms with E-state index in [9.17, 15) is 0 Å². The highest BCUT2D eigenvalue weighted by Gasteiger charge is 2.36. The van der Waals surface area contributed by atoms with E-state index in [-0.39, 0.29) is 43.3 Å². The summed E-state index contributed by atoms with van der Waals surface area (Å²) < 4.78 is 0. The number of hydrogen-bond acceptors (Lipinski definition) is 1. The molecular formula is C68H91OP. The molecule has 0 spiro atoms. The van der Waals surface area contributed by atoms with Crippen LogP contribution in [-0.2, 0) is 43.3 Å². The molecule has 374 valence electrons. The van der Waals surface area contributed by atoms with Crippen molar-refractivity contribution in [2.45, 2.75) is 209 Å². The second-order valence-electron chi connectivity index (χ2n) is 28.8. The molecule has 0 bridgehead atoms. The van der Waals surface area contributed by atoms with Gasteiger partial charge in [0.1, 0.15) is 0 Å². The largest absolute Gasteiger partial charge is 0.380 e. The topological polar surface area (TPSA) is 20.2 Å². The van der Waals surface area contributed by atoms with Gasteiger partial charge in [0, 0.05) is 0 Å². The first-order chi connectivity index (χ1) is 31.8. The molecule has 1 aliphatic carbocycles. The van der Waals surface area contributed by atoms with Gasteiger partial charge < -0.3 is 4.89 Å². The minimum atomic E-state index is -0.164. The molecule has 0 heterocycles. The molecule has 1 nitrogen and oxygen atoms in total. The van der Waals surface area contributed by atoms with Crippen molar-refractivity contribution in [3.05, 3.63) is 162 Å². The van der Waals surface area contributed by atoms with Crippen LogP contribution in [0.5, 0.6) is 0 Å². The Morgan fingerprint density at radius 1 is 0.257 bits per heavy atom. The minimum Gasteiger partial charge on any atom is -0.380 e. The average Bonchev–Trinajstić information content (AvgIpc) is 3.22. The Morgan fingerprint density at radius 2 is 0.457 bits per heavy atom. The van der Waals surface area contributed by atoms with E-state index in [0.717, 1.165) is 0 Å². The van der Waals surface area contributed by atoms with Gasteiger partial charge in [0.15, 0.2) is 0 Å². The second-order valence-corrected chi connectivity index (χ2v) is 28.8. The summed E-state index contributed by atoms with van der Waals surface area (Å²) in [7, 11) is 1.42. The molecule has 0 amide bonds. The second kappa shape index (κ2) is 18.3. The van der Waals surface area contributed by atoms with Crippen molar-refractivity contribution in [2.75, 3.05) is 0 Å². The van der Waals surface area contributed by atoms with E-state index in [1.165, 1.54) is 119 Å². The third-order valence-electron chi connectivity index (χ3n) is 14.8. The summed E-state index contributed by atoms with van der Waals surface area (Å²) >= 11 is 0. The molecule has 0 aromatic heterocycles. The molecule has 0 radical (unpaired) electrons. The number of hydrogen-bond donors (Lipinski definition) is 1. The van der Waals surface area contributed by atoms with Gasteiger partial charge in [0.2, 0.25) is 0 Å². The summed E-state index contributed by atoms with van der Waals surface area (Å²) in [5.41, 5.74) is 21.1. The molecule has 1 unspecified atom stereocenters. The van der Waals surface area contributed by atoms with Crippen molar-refractivity contribution in [1.82, 2.24) is 0 Å². The van der Waals surface area contributed by atoms with Crippen LogP contribution < -0.4 is 0 Å². The van der Waals surface area contributed by atoms with Crippen LogP contribution in [-0.4, -0.2) is 4.89 Å². The average molecular weight is 955 g/mol. The molecule has 0 saturated heterocycles. The Kier molecular flexibility index (Phi) is 14.4. The maximum Gasteiger partial charge on any atom is -0.000730 e. The summed E-state index contributed by atoms with van der Waals surface area (Å²) in [6.07, 6.45) is 0. The van der Waals surface area contributed by atoms with Gasteiger partial charge in [-0.25, -0.2) is 0 Å². The minimum absolute atomic E-state index is 0.00475. The standard InChI is InChI=1S/C68H88.H3OP/c1-61(2,3)41-29-33-47(51(37-41)65(13,14)15)57-55-45-27-25-26-28-46(45)56(55)58(48-34-30-42(62(4,5)6)38-52(48)66(16,17)18)60(50-36-32-44(64(10,11)12)40-54(50)68(22,23)24)59(57)49-35-31-43(63(7,8)9)39-53(49)67(19,20)21;1-2/h25-40H,1-24H3;1H,2H2. The van der Waals surface area contributed by atoms with Crippen molar-refractivity contribution in [3.8, 4) is 44.5 Å². The third-order valence-corrected chi connectivity index (χ3v) is 14.8. The zero-order chi connectivity index (χ0) is 52.9. The van der Waals surface area contributed by atoms with Crippen molar-refractivity contribution in [3.63, 3.8) is 0 Å². The maximum absolute atomic E-state index is 6.92. The number of rotatable bonds is 4. The summed E-state index contributed by atoms with van der Waals surface area (Å²) in [5, 5.41) is 5.45. The summed E-state index contributed by atoms with van der Waals surface area (Å²) in [4.78, 5) is 6.92. The van der Waals surface area contributed by atoms with Crippen LogP contribution in [0.3, 0.4) is 0 Å². The van der Waals surface area contributed by atoms with Crippen molar-refractivity contribution >= 4 is 9.47 Å². The van der Waals surface area contributed by atoms with Crippen molar-refractivity contribution in [1.29, 1.82) is 0 Å². The quantitative estimate of drug-likeness (QED) is 0.174. The molecule has 6 aromatic carbocycles. The fourth-order valence-electron chi connectivity index (χ4n) is 10.6. The summed E-state index contributed by atoms with van der Waals surface area (Å²) in [6, 6.07) is 39.4. The molecule has 1 atom stereocenters. The molecule has 1 aliphatic rings. The van der Waals surface area contributed by atoms with E-state index in [1.807, 2.05) is 0 Å². The van der Waals surface area contributed by atoms with Gasteiger partial charge in [-0.2, -0.15) is 0 Å². The monoisotopic (exact) mass is 955 g/mol. The fourth-order valence-corrected chi connectivity index (χ4v) is 10.6. The maximum atomic E-state index is 6.92. The van der Waals surface area contributed by atoms with Gasteiger partial charge in [0.05, 0.1) is 0 Å². The Bertz CT molecular complexity index is 2940. The van der Waals surface area contributed by atoms with Gasteiger partial charge in [-0.05, 0) is 163 Å². The molecule has 0 fully saturated rings. The Morgan fingerprint density at radius 3 is 0.643 bits per heavy atom. The van der Waals surface area contributed by atoms with Crippen LogP contribution in [0.4, 0.5) is 0 Å². The predicted molar refractivity (Wildman–Crippen MR) is 312 cm³/mol. The van der Waals surface area contributed by atoms with Gasteiger partial charge in [0.25, 0.3) is 0 Å². The first kappa shape index (κ1) is 55.0. The molecule has 70 heavy (non-hydrogen) atoms. The zero-order valence-electron chi connectivity index (χ0n) is 48.3. The van der Waals surface area contributed by atoms with E-state index in [2.05, 4.69) is 263 Å². The third kappa shape index (κ3) is 10.5. The lowest BCUT2D eigenvalue weighted by molar-refractivity contribution is 0.568. The smallest absolute Gasteiger partial charge is 0.000730 e. The van der Waals surface area contributed by atoms with E-state index in [4.69, 9.17) is 4.89 Å². The lowest BCUT2D eigenvalue weighted by Crippen LogP contribution is -2.21. The SMILES string of the molecule is CC(C)(C)c1ccc(-c2c(-c3ccc(C(C)(C)C)cc3C(C)(C)C)c(-c3ccc(C(C)(C)C)cc3C(C)(C)C)c3c(c2-c2ccc(C(C)(C)C)cc2C(C)(C)C)=c2ccccc2=3)c(C(C)(C)C)c1.OP.